The molecule has 4 aromatic heterocycles. The molecule has 17 heteroatoms. The molecule has 0 radical (unpaired) electrons. The third-order valence-electron chi connectivity index (χ3n) is 11.4. The minimum absolute atomic E-state index is 0.204. The summed E-state index contributed by atoms with van der Waals surface area (Å²) in [5, 5.41) is 47.8. The van der Waals surface area contributed by atoms with E-state index in [0.717, 1.165) is 0 Å². The first kappa shape index (κ1) is 44.0. The fourth-order valence-electron chi connectivity index (χ4n) is 8.15. The van der Waals surface area contributed by atoms with E-state index in [1.807, 2.05) is 0 Å². The summed E-state index contributed by atoms with van der Waals surface area (Å²) in [7, 11) is 0. The van der Waals surface area contributed by atoms with Gasteiger partial charge in [-0.1, -0.05) is 0 Å². The van der Waals surface area contributed by atoms with Crippen LogP contribution < -0.4 is 0 Å². The third-order valence-corrected chi connectivity index (χ3v) is 16.4. The summed E-state index contributed by atoms with van der Waals surface area (Å²) in [5.74, 6) is -8.98. The molecule has 0 amide bonds. The normalized spacial score (nSPS) is 11.6. The van der Waals surface area contributed by atoms with Crippen molar-refractivity contribution >= 4 is 87.5 Å². The zero-order chi connectivity index (χ0) is 46.8. The second kappa shape index (κ2) is 16.5. The van der Waals surface area contributed by atoms with Crippen LogP contribution in [0.15, 0.2) is 72.8 Å². The summed E-state index contributed by atoms with van der Waals surface area (Å²) < 4.78 is 23.3. The molecular formula is C48H40N4O12Sn. The molecular weight excluding hydrogens is 943 g/mol. The number of carbonyl (C=O) groups is 4. The standard InChI is InChI=1S/4C12H11NO3.Sn/c4*1-6-4-3-5-8-9(6)7(2)11(14)10(13-8)12(15)16;/h4*3-5,14H,1-2H3,(H,15,16);/q;;;;+4/p-4. The Morgan fingerprint density at radius 3 is 0.769 bits per heavy atom. The van der Waals surface area contributed by atoms with Gasteiger partial charge in [0.2, 0.25) is 0 Å². The fourth-order valence-corrected chi connectivity index (χ4v) is 12.6. The van der Waals surface area contributed by atoms with Gasteiger partial charge in [-0.25, -0.2) is 0 Å². The van der Waals surface area contributed by atoms with Crippen molar-refractivity contribution in [2.24, 2.45) is 0 Å². The molecule has 0 bridgehead atoms. The van der Waals surface area contributed by atoms with Gasteiger partial charge in [-0.15, -0.1) is 0 Å². The van der Waals surface area contributed by atoms with E-state index >= 15 is 0 Å². The fraction of sp³-hybridized carbons (Fsp3) is 0.167. The molecule has 0 aliphatic heterocycles. The molecule has 4 heterocycles. The van der Waals surface area contributed by atoms with Gasteiger partial charge in [0.1, 0.15) is 0 Å². The Hall–Kier alpha value is -7.60. The van der Waals surface area contributed by atoms with Gasteiger partial charge < -0.3 is 0 Å². The number of aromatic nitrogens is 4. The number of carbonyl (C=O) groups excluding carboxylic acids is 4. The Morgan fingerprint density at radius 1 is 0.369 bits per heavy atom. The molecule has 4 N–H and O–H groups in total. The van der Waals surface area contributed by atoms with Crippen LogP contribution >= 0.6 is 0 Å². The zero-order valence-corrected chi connectivity index (χ0v) is 39.1. The number of rotatable bonds is 8. The predicted octanol–water partition coefficient (Wildman–Crippen LogP) is 8.33. The molecule has 8 rings (SSSR count). The molecule has 328 valence electrons. The van der Waals surface area contributed by atoms with Crippen molar-refractivity contribution in [3.8, 4) is 23.0 Å². The Labute approximate surface area is 376 Å². The number of nitrogens with zero attached hydrogens (tertiary/aromatic N) is 4. The summed E-state index contributed by atoms with van der Waals surface area (Å²) in [5.41, 5.74) is 1.61. The quantitative estimate of drug-likeness (QED) is 0.105. The number of aryl methyl sites for hydroxylation is 8. The minimum atomic E-state index is -7.41. The molecule has 8 aromatic rings. The van der Waals surface area contributed by atoms with Crippen molar-refractivity contribution < 1.29 is 51.9 Å². The van der Waals surface area contributed by atoms with Gasteiger partial charge in [-0.05, 0) is 0 Å². The predicted molar refractivity (Wildman–Crippen MR) is 239 cm³/mol. The second-order valence-corrected chi connectivity index (χ2v) is 20.9. The molecule has 0 spiro atoms. The number of benzene rings is 4. The maximum absolute atomic E-state index is 14.6. The van der Waals surface area contributed by atoms with Crippen molar-refractivity contribution in [3.05, 3.63) is 140 Å². The van der Waals surface area contributed by atoms with Crippen molar-refractivity contribution in [2.45, 2.75) is 55.4 Å². The van der Waals surface area contributed by atoms with E-state index in [2.05, 4.69) is 19.9 Å². The third kappa shape index (κ3) is 7.58. The summed E-state index contributed by atoms with van der Waals surface area (Å²) in [4.78, 5) is 75.5. The summed E-state index contributed by atoms with van der Waals surface area (Å²) >= 11 is -7.41. The molecule has 0 saturated carbocycles. The van der Waals surface area contributed by atoms with Crippen LogP contribution in [-0.4, -0.2) is 84.3 Å². The van der Waals surface area contributed by atoms with Crippen LogP contribution in [-0.2, 0) is 12.3 Å². The van der Waals surface area contributed by atoms with Gasteiger partial charge in [0, 0.05) is 0 Å². The summed E-state index contributed by atoms with van der Waals surface area (Å²) in [6, 6.07) is 20.0. The second-order valence-electron chi connectivity index (χ2n) is 15.7. The molecule has 16 nitrogen and oxygen atoms in total. The van der Waals surface area contributed by atoms with Crippen LogP contribution in [0.5, 0.6) is 23.0 Å². The van der Waals surface area contributed by atoms with Crippen molar-refractivity contribution in [3.63, 3.8) is 0 Å². The van der Waals surface area contributed by atoms with Crippen molar-refractivity contribution in [1.29, 1.82) is 0 Å². The number of fused-ring (bicyclic) bond motifs is 4. The van der Waals surface area contributed by atoms with Crippen LogP contribution in [0.1, 0.15) is 86.5 Å². The first-order valence-electron chi connectivity index (χ1n) is 20.1. The molecule has 0 saturated heterocycles. The van der Waals surface area contributed by atoms with Gasteiger partial charge >= 0.3 is 378 Å². The molecule has 0 aliphatic rings. The van der Waals surface area contributed by atoms with Gasteiger partial charge in [0.15, 0.2) is 0 Å². The molecule has 4 aromatic carbocycles. The van der Waals surface area contributed by atoms with Gasteiger partial charge in [-0.2, -0.15) is 0 Å². The number of pyridine rings is 4. The van der Waals surface area contributed by atoms with E-state index in [1.54, 1.807) is 100 Å². The molecule has 0 fully saturated rings. The molecule has 0 unspecified atom stereocenters. The van der Waals surface area contributed by atoms with Crippen LogP contribution in [0.25, 0.3) is 43.6 Å². The molecule has 0 aliphatic carbocycles. The van der Waals surface area contributed by atoms with E-state index in [4.69, 9.17) is 12.3 Å². The monoisotopic (exact) mass is 984 g/mol. The zero-order valence-electron chi connectivity index (χ0n) is 36.3. The number of hydrogen-bond acceptors (Lipinski definition) is 16. The first-order chi connectivity index (χ1) is 30.8. The maximum atomic E-state index is 14.6. The van der Waals surface area contributed by atoms with E-state index in [1.165, 1.54) is 27.7 Å². The van der Waals surface area contributed by atoms with Crippen LogP contribution in [0.4, 0.5) is 0 Å². The Morgan fingerprint density at radius 2 is 0.569 bits per heavy atom. The van der Waals surface area contributed by atoms with Crippen LogP contribution in [0.2, 0.25) is 0 Å². The average Bonchev–Trinajstić information content (AvgIpc) is 3.25. The number of hydrogen-bond donors (Lipinski definition) is 4. The van der Waals surface area contributed by atoms with E-state index < -0.39 is 89.7 Å². The summed E-state index contributed by atoms with van der Waals surface area (Å²) in [6.07, 6.45) is 0. The molecule has 65 heavy (non-hydrogen) atoms. The topological polar surface area (TPSA) is 238 Å². The number of aromatic hydroxyl groups is 4. The van der Waals surface area contributed by atoms with Crippen LogP contribution in [0, 0.1) is 55.4 Å². The molecule has 0 atom stereocenters. The van der Waals surface area contributed by atoms with Crippen LogP contribution in [0.3, 0.4) is 0 Å². The SMILES string of the molecule is Cc1cccc2nc(C(=O)[O][Sn]([O]C(=O)c3nc4cccc(C)c4c(C)c3O)([O]C(=O)c3nc4cccc(C)c4c(C)c3O)[O]C(=O)c3nc4cccc(C)c4c(C)c3O)c(O)c(C)c12. The van der Waals surface area contributed by atoms with Crippen molar-refractivity contribution in [1.82, 2.24) is 19.9 Å². The Bertz CT molecular complexity index is 2960. The van der Waals surface area contributed by atoms with E-state index in [-0.39, 0.29) is 44.3 Å². The Kier molecular flexibility index (Phi) is 11.2. The first-order valence-corrected chi connectivity index (χ1v) is 24.8. The van der Waals surface area contributed by atoms with E-state index in [9.17, 15) is 39.6 Å². The van der Waals surface area contributed by atoms with Crippen molar-refractivity contribution in [2.75, 3.05) is 0 Å². The average molecular weight is 984 g/mol. The summed E-state index contributed by atoms with van der Waals surface area (Å²) in [6.45, 7) is 13.2. The van der Waals surface area contributed by atoms with Gasteiger partial charge in [-0.3, -0.25) is 0 Å². The van der Waals surface area contributed by atoms with E-state index in [0.29, 0.717) is 43.8 Å². The van der Waals surface area contributed by atoms with Gasteiger partial charge in [0.05, 0.1) is 0 Å². The van der Waals surface area contributed by atoms with Gasteiger partial charge in [0.25, 0.3) is 0 Å². The Balaban J connectivity index is 1.35.